The lowest BCUT2D eigenvalue weighted by Gasteiger charge is -2.27. The quantitative estimate of drug-likeness (QED) is 0.413. The van der Waals surface area contributed by atoms with Crippen LogP contribution >= 0.6 is 0 Å². The number of hydrogen-bond donors (Lipinski definition) is 0. The van der Waals surface area contributed by atoms with Gasteiger partial charge in [0.05, 0.1) is 18.1 Å². The van der Waals surface area contributed by atoms with Crippen molar-refractivity contribution in [3.8, 4) is 5.75 Å². The lowest BCUT2D eigenvalue weighted by Crippen LogP contribution is -2.39. The number of aromatic nitrogens is 2. The van der Waals surface area contributed by atoms with Gasteiger partial charge in [-0.3, -0.25) is 9.59 Å². The van der Waals surface area contributed by atoms with Crippen molar-refractivity contribution < 1.29 is 14.3 Å². The van der Waals surface area contributed by atoms with Gasteiger partial charge in [-0.1, -0.05) is 52.0 Å². The van der Waals surface area contributed by atoms with Gasteiger partial charge in [-0.15, -0.1) is 0 Å². The first-order chi connectivity index (χ1) is 17.2. The summed E-state index contributed by atoms with van der Waals surface area (Å²) in [6.07, 6.45) is 0.398. The van der Waals surface area contributed by atoms with E-state index in [4.69, 9.17) is 9.72 Å². The van der Waals surface area contributed by atoms with Crippen molar-refractivity contribution in [1.29, 1.82) is 0 Å². The fourth-order valence-corrected chi connectivity index (χ4v) is 5.02. The van der Waals surface area contributed by atoms with Crippen LogP contribution in [0.25, 0.3) is 11.0 Å². The zero-order chi connectivity index (χ0) is 25.8. The van der Waals surface area contributed by atoms with Gasteiger partial charge in [0.2, 0.25) is 11.8 Å². The number of carbonyl (C=O) groups excluding carboxylic acids is 2. The molecule has 1 aliphatic heterocycles. The van der Waals surface area contributed by atoms with Gasteiger partial charge in [-0.05, 0) is 41.7 Å². The minimum absolute atomic E-state index is 0.0559. The van der Waals surface area contributed by atoms with Gasteiger partial charge < -0.3 is 19.1 Å². The Balaban J connectivity index is 1.58. The number of methoxy groups -OCH3 is 1. The van der Waals surface area contributed by atoms with Crippen molar-refractivity contribution in [2.45, 2.75) is 53.1 Å². The highest BCUT2D eigenvalue weighted by molar-refractivity contribution is 5.83. The van der Waals surface area contributed by atoms with Crippen molar-refractivity contribution in [2.75, 3.05) is 26.7 Å². The number of amides is 2. The molecule has 0 spiro atoms. The Bertz CT molecular complexity index is 1190. The van der Waals surface area contributed by atoms with E-state index in [0.29, 0.717) is 31.3 Å². The molecule has 0 aliphatic carbocycles. The highest BCUT2D eigenvalue weighted by atomic mass is 16.5. The minimum Gasteiger partial charge on any atom is -0.497 e. The summed E-state index contributed by atoms with van der Waals surface area (Å²) in [5.74, 6) is 2.56. The first-order valence-corrected chi connectivity index (χ1v) is 12.9. The third-order valence-corrected chi connectivity index (χ3v) is 6.61. The van der Waals surface area contributed by atoms with Gasteiger partial charge in [-0.25, -0.2) is 4.98 Å². The summed E-state index contributed by atoms with van der Waals surface area (Å²) in [5.41, 5.74) is 2.86. The third kappa shape index (κ3) is 5.89. The van der Waals surface area contributed by atoms with Crippen LogP contribution in [-0.2, 0) is 22.7 Å². The Morgan fingerprint density at radius 2 is 1.72 bits per heavy atom. The van der Waals surface area contributed by atoms with Crippen LogP contribution in [0.1, 0.15) is 51.4 Å². The highest BCUT2D eigenvalue weighted by Crippen LogP contribution is 2.31. The molecule has 3 aromatic rings. The minimum atomic E-state index is -0.0559. The second kappa shape index (κ2) is 11.1. The van der Waals surface area contributed by atoms with Crippen LogP contribution in [0.5, 0.6) is 5.75 Å². The summed E-state index contributed by atoms with van der Waals surface area (Å²) in [5, 5.41) is 0. The van der Waals surface area contributed by atoms with Crippen LogP contribution in [0.2, 0.25) is 0 Å². The molecular formula is C29H38N4O3. The monoisotopic (exact) mass is 490 g/mol. The first kappa shape index (κ1) is 25.7. The van der Waals surface area contributed by atoms with E-state index in [2.05, 4.69) is 27.7 Å². The van der Waals surface area contributed by atoms with E-state index in [1.807, 2.05) is 62.9 Å². The van der Waals surface area contributed by atoms with Crippen molar-refractivity contribution in [1.82, 2.24) is 19.4 Å². The topological polar surface area (TPSA) is 67.7 Å². The second-order valence-corrected chi connectivity index (χ2v) is 10.7. The van der Waals surface area contributed by atoms with Gasteiger partial charge in [0.15, 0.2) is 0 Å². The standard InChI is InChI=1S/C29H38N4O3/c1-20(2)15-31(16-21(3)4)28(35)19-33-26-9-7-6-8-25(26)30-29(33)23-14-27(34)32(18-23)17-22-10-12-24(36-5)13-11-22/h6-13,20-21,23H,14-19H2,1-5H3. The van der Waals surface area contributed by atoms with Crippen LogP contribution in [0.4, 0.5) is 0 Å². The number of ether oxygens (including phenoxy) is 1. The molecule has 0 N–H and O–H groups in total. The first-order valence-electron chi connectivity index (χ1n) is 12.9. The van der Waals surface area contributed by atoms with Crippen molar-refractivity contribution in [3.05, 3.63) is 59.9 Å². The number of nitrogens with zero attached hydrogens (tertiary/aromatic N) is 4. The maximum atomic E-state index is 13.5. The molecule has 0 saturated carbocycles. The molecule has 1 saturated heterocycles. The SMILES string of the molecule is COc1ccc(CN2CC(c3nc4ccccc4n3CC(=O)N(CC(C)C)CC(C)C)CC2=O)cc1. The molecule has 1 aromatic heterocycles. The molecule has 0 radical (unpaired) electrons. The Labute approximate surface area is 214 Å². The third-order valence-electron chi connectivity index (χ3n) is 6.61. The van der Waals surface area contributed by atoms with Gasteiger partial charge in [-0.2, -0.15) is 0 Å². The van der Waals surface area contributed by atoms with E-state index in [0.717, 1.165) is 41.3 Å². The lowest BCUT2D eigenvalue weighted by atomic mass is 10.1. The van der Waals surface area contributed by atoms with Crippen molar-refractivity contribution in [2.24, 2.45) is 11.8 Å². The zero-order valence-electron chi connectivity index (χ0n) is 22.1. The molecule has 2 amide bonds. The van der Waals surface area contributed by atoms with E-state index in [-0.39, 0.29) is 24.3 Å². The fraction of sp³-hybridized carbons (Fsp3) is 0.483. The van der Waals surface area contributed by atoms with Crippen LogP contribution in [0.3, 0.4) is 0 Å². The molecule has 1 fully saturated rings. The molecule has 1 atom stereocenters. The molecular weight excluding hydrogens is 452 g/mol. The summed E-state index contributed by atoms with van der Waals surface area (Å²) < 4.78 is 7.29. The van der Waals surface area contributed by atoms with E-state index >= 15 is 0 Å². The van der Waals surface area contributed by atoms with Crippen LogP contribution in [-0.4, -0.2) is 57.9 Å². The highest BCUT2D eigenvalue weighted by Gasteiger charge is 2.34. The Morgan fingerprint density at radius 1 is 1.06 bits per heavy atom. The predicted octanol–water partition coefficient (Wildman–Crippen LogP) is 4.70. The lowest BCUT2D eigenvalue weighted by molar-refractivity contribution is -0.133. The Kier molecular flexibility index (Phi) is 7.97. The number of para-hydroxylation sites is 2. The average molecular weight is 491 g/mol. The Morgan fingerprint density at radius 3 is 2.36 bits per heavy atom. The van der Waals surface area contributed by atoms with Gasteiger partial charge in [0.1, 0.15) is 18.1 Å². The average Bonchev–Trinajstić information content (AvgIpc) is 3.38. The molecule has 36 heavy (non-hydrogen) atoms. The molecule has 1 unspecified atom stereocenters. The van der Waals surface area contributed by atoms with E-state index < -0.39 is 0 Å². The summed E-state index contributed by atoms with van der Waals surface area (Å²) in [7, 11) is 1.64. The zero-order valence-corrected chi connectivity index (χ0v) is 22.1. The predicted molar refractivity (Wildman–Crippen MR) is 142 cm³/mol. The number of rotatable bonds is 10. The number of imidazole rings is 1. The fourth-order valence-electron chi connectivity index (χ4n) is 5.02. The number of likely N-dealkylation sites (tertiary alicyclic amines) is 1. The summed E-state index contributed by atoms with van der Waals surface area (Å²) in [6, 6.07) is 15.7. The molecule has 1 aliphatic rings. The molecule has 7 heteroatoms. The molecule has 192 valence electrons. The summed E-state index contributed by atoms with van der Waals surface area (Å²) in [6.45, 7) is 11.4. The van der Waals surface area contributed by atoms with E-state index in [9.17, 15) is 9.59 Å². The number of fused-ring (bicyclic) bond motifs is 1. The summed E-state index contributed by atoms with van der Waals surface area (Å²) >= 11 is 0. The maximum absolute atomic E-state index is 13.5. The van der Waals surface area contributed by atoms with Crippen LogP contribution in [0, 0.1) is 11.8 Å². The second-order valence-electron chi connectivity index (χ2n) is 10.7. The molecule has 4 rings (SSSR count). The normalized spacial score (nSPS) is 15.9. The van der Waals surface area contributed by atoms with Crippen molar-refractivity contribution >= 4 is 22.8 Å². The number of benzene rings is 2. The Hall–Kier alpha value is -3.35. The summed E-state index contributed by atoms with van der Waals surface area (Å²) in [4.78, 5) is 35.3. The largest absolute Gasteiger partial charge is 0.497 e. The molecule has 7 nitrogen and oxygen atoms in total. The number of hydrogen-bond acceptors (Lipinski definition) is 4. The van der Waals surface area contributed by atoms with Crippen LogP contribution < -0.4 is 4.74 Å². The smallest absolute Gasteiger partial charge is 0.242 e. The van der Waals surface area contributed by atoms with Gasteiger partial charge in [0.25, 0.3) is 0 Å². The van der Waals surface area contributed by atoms with E-state index in [1.165, 1.54) is 0 Å². The molecule has 2 heterocycles. The van der Waals surface area contributed by atoms with Gasteiger partial charge >= 0.3 is 0 Å². The molecule has 0 bridgehead atoms. The maximum Gasteiger partial charge on any atom is 0.242 e. The van der Waals surface area contributed by atoms with Crippen LogP contribution in [0.15, 0.2) is 48.5 Å². The number of carbonyl (C=O) groups is 2. The van der Waals surface area contributed by atoms with E-state index in [1.54, 1.807) is 7.11 Å². The van der Waals surface area contributed by atoms with Crippen molar-refractivity contribution in [3.63, 3.8) is 0 Å². The molecule has 2 aromatic carbocycles. The van der Waals surface area contributed by atoms with Gasteiger partial charge in [0, 0.05) is 38.5 Å².